The van der Waals surface area contributed by atoms with Crippen molar-refractivity contribution in [2.45, 2.75) is 6.42 Å². The van der Waals surface area contributed by atoms with Crippen LogP contribution in [0, 0.1) is 0 Å². The Morgan fingerprint density at radius 3 is 3.04 bits per heavy atom. The summed E-state index contributed by atoms with van der Waals surface area (Å²) >= 11 is 0. The molecule has 0 unspecified atom stereocenters. The molecule has 2 aromatic heterocycles. The number of nitrogens with zero attached hydrogens (tertiary/aromatic N) is 3. The summed E-state index contributed by atoms with van der Waals surface area (Å²) in [7, 11) is 3.26. The average Bonchev–Trinajstić information content (AvgIpc) is 3.00. The second-order valence-electron chi connectivity index (χ2n) is 5.20. The number of amides is 1. The van der Waals surface area contributed by atoms with Gasteiger partial charge in [0.1, 0.15) is 17.3 Å². The van der Waals surface area contributed by atoms with Gasteiger partial charge in [-0.05, 0) is 12.1 Å². The van der Waals surface area contributed by atoms with Gasteiger partial charge in [-0.3, -0.25) is 14.2 Å². The molecule has 0 saturated heterocycles. The zero-order valence-corrected chi connectivity index (χ0v) is 13.6. The van der Waals surface area contributed by atoms with Crippen molar-refractivity contribution in [3.05, 3.63) is 42.9 Å². The van der Waals surface area contributed by atoms with Crippen molar-refractivity contribution in [2.24, 2.45) is 0 Å². The number of ether oxygens (including phenoxy) is 1. The summed E-state index contributed by atoms with van der Waals surface area (Å²) in [5.41, 5.74) is 2.46. The summed E-state index contributed by atoms with van der Waals surface area (Å²) in [6.45, 7) is 0.507. The molecule has 2 heterocycles. The van der Waals surface area contributed by atoms with Crippen LogP contribution in [0.1, 0.15) is 6.42 Å². The van der Waals surface area contributed by atoms with Gasteiger partial charge >= 0.3 is 0 Å². The Kier molecular flexibility index (Phi) is 4.60. The molecule has 7 heteroatoms. The van der Waals surface area contributed by atoms with Gasteiger partial charge in [0.05, 0.1) is 13.3 Å². The van der Waals surface area contributed by atoms with E-state index in [2.05, 4.69) is 20.6 Å². The first-order chi connectivity index (χ1) is 11.7. The fraction of sp³-hybridized carbons (Fsp3) is 0.235. The Bertz CT molecular complexity index is 859. The first-order valence-electron chi connectivity index (χ1n) is 7.64. The number of hydrogen-bond donors (Lipinski definition) is 2. The highest BCUT2D eigenvalue weighted by Crippen LogP contribution is 2.30. The summed E-state index contributed by atoms with van der Waals surface area (Å²) in [6.07, 6.45) is 5.63. The molecule has 24 heavy (non-hydrogen) atoms. The maximum absolute atomic E-state index is 11.4. The van der Waals surface area contributed by atoms with E-state index in [-0.39, 0.29) is 5.91 Å². The van der Waals surface area contributed by atoms with Gasteiger partial charge in [-0.15, -0.1) is 0 Å². The minimum absolute atomic E-state index is 0.0130. The number of aromatic nitrogens is 3. The Balaban J connectivity index is 1.99. The lowest BCUT2D eigenvalue weighted by molar-refractivity contribution is -0.120. The molecule has 0 bridgehead atoms. The van der Waals surface area contributed by atoms with Gasteiger partial charge in [0, 0.05) is 38.0 Å². The molecule has 2 N–H and O–H groups in total. The first-order valence-corrected chi connectivity index (χ1v) is 7.64. The van der Waals surface area contributed by atoms with E-state index in [1.54, 1.807) is 26.6 Å². The number of rotatable bonds is 6. The zero-order chi connectivity index (χ0) is 16.9. The summed E-state index contributed by atoms with van der Waals surface area (Å²) < 4.78 is 7.22. The van der Waals surface area contributed by atoms with Crippen molar-refractivity contribution in [1.82, 2.24) is 19.7 Å². The standard InChI is InChI=1S/C17H19N5O2/c1-18-15(23)6-7-20-17-16(12-4-3-5-13(10-12)24-2)21-14-11-19-8-9-22(14)17/h3-5,8-11,20H,6-7H2,1-2H3,(H,18,23). The van der Waals surface area contributed by atoms with Crippen LogP contribution in [0.3, 0.4) is 0 Å². The monoisotopic (exact) mass is 325 g/mol. The number of fused-ring (bicyclic) bond motifs is 1. The fourth-order valence-corrected chi connectivity index (χ4v) is 2.47. The number of methoxy groups -OCH3 is 1. The molecule has 0 aliphatic heterocycles. The Morgan fingerprint density at radius 1 is 1.38 bits per heavy atom. The number of benzene rings is 1. The normalized spacial score (nSPS) is 10.6. The topological polar surface area (TPSA) is 80.5 Å². The predicted molar refractivity (Wildman–Crippen MR) is 92.1 cm³/mol. The molecule has 0 aliphatic carbocycles. The van der Waals surface area contributed by atoms with E-state index in [0.717, 1.165) is 28.5 Å². The van der Waals surface area contributed by atoms with Crippen LogP contribution in [-0.2, 0) is 4.79 Å². The van der Waals surface area contributed by atoms with E-state index in [9.17, 15) is 4.79 Å². The summed E-state index contributed by atoms with van der Waals surface area (Å²) in [6, 6.07) is 7.71. The molecular formula is C17H19N5O2. The Hall–Kier alpha value is -3.09. The number of anilines is 1. The SMILES string of the molecule is CNC(=O)CCNc1c(-c2cccc(OC)c2)nc2cnccn12. The number of carbonyl (C=O) groups excluding carboxylic acids is 1. The molecule has 1 aromatic carbocycles. The molecule has 0 fully saturated rings. The van der Waals surface area contributed by atoms with Crippen molar-refractivity contribution >= 4 is 17.4 Å². The molecule has 0 atom stereocenters. The molecular weight excluding hydrogens is 306 g/mol. The van der Waals surface area contributed by atoms with Crippen LogP contribution in [0.5, 0.6) is 5.75 Å². The van der Waals surface area contributed by atoms with Crippen molar-refractivity contribution in [3.63, 3.8) is 0 Å². The van der Waals surface area contributed by atoms with Gasteiger partial charge in [-0.2, -0.15) is 0 Å². The molecule has 124 valence electrons. The van der Waals surface area contributed by atoms with E-state index < -0.39 is 0 Å². The summed E-state index contributed by atoms with van der Waals surface area (Å²) in [4.78, 5) is 20.2. The largest absolute Gasteiger partial charge is 0.497 e. The van der Waals surface area contributed by atoms with Crippen molar-refractivity contribution < 1.29 is 9.53 Å². The Labute approximate surface area is 139 Å². The maximum atomic E-state index is 11.4. The number of imidazole rings is 1. The summed E-state index contributed by atoms with van der Waals surface area (Å²) in [5.74, 6) is 1.57. The van der Waals surface area contributed by atoms with E-state index in [1.165, 1.54) is 0 Å². The predicted octanol–water partition coefficient (Wildman–Crippen LogP) is 1.95. The van der Waals surface area contributed by atoms with Crippen LogP contribution in [0.4, 0.5) is 5.82 Å². The molecule has 3 rings (SSSR count). The lowest BCUT2D eigenvalue weighted by Gasteiger charge is -2.09. The van der Waals surface area contributed by atoms with Crippen LogP contribution >= 0.6 is 0 Å². The van der Waals surface area contributed by atoms with Crippen molar-refractivity contribution in [3.8, 4) is 17.0 Å². The van der Waals surface area contributed by atoms with E-state index >= 15 is 0 Å². The first kappa shape index (κ1) is 15.8. The second kappa shape index (κ2) is 6.99. The van der Waals surface area contributed by atoms with Gasteiger partial charge in [-0.25, -0.2) is 4.98 Å². The van der Waals surface area contributed by atoms with Crippen LogP contribution in [-0.4, -0.2) is 41.0 Å². The number of nitrogens with one attached hydrogen (secondary N) is 2. The molecule has 7 nitrogen and oxygen atoms in total. The minimum Gasteiger partial charge on any atom is -0.497 e. The molecule has 0 radical (unpaired) electrons. The highest BCUT2D eigenvalue weighted by atomic mass is 16.5. The minimum atomic E-state index is -0.0130. The van der Waals surface area contributed by atoms with Gasteiger partial charge in [0.25, 0.3) is 0 Å². The molecule has 0 aliphatic rings. The third kappa shape index (κ3) is 3.15. The lowest BCUT2D eigenvalue weighted by atomic mass is 10.1. The van der Waals surface area contributed by atoms with Crippen LogP contribution in [0.2, 0.25) is 0 Å². The molecule has 0 spiro atoms. The van der Waals surface area contributed by atoms with Crippen LogP contribution < -0.4 is 15.4 Å². The smallest absolute Gasteiger partial charge is 0.221 e. The second-order valence-corrected chi connectivity index (χ2v) is 5.20. The van der Waals surface area contributed by atoms with Crippen LogP contribution in [0.15, 0.2) is 42.9 Å². The summed E-state index contributed by atoms with van der Waals surface area (Å²) in [5, 5.41) is 5.92. The zero-order valence-electron chi connectivity index (χ0n) is 13.6. The molecule has 1 amide bonds. The van der Waals surface area contributed by atoms with E-state index in [1.807, 2.05) is 34.9 Å². The quantitative estimate of drug-likeness (QED) is 0.724. The third-order valence-electron chi connectivity index (χ3n) is 3.70. The highest BCUT2D eigenvalue weighted by molar-refractivity contribution is 5.78. The van der Waals surface area contributed by atoms with Gasteiger partial charge in [0.2, 0.25) is 5.91 Å². The number of carbonyl (C=O) groups is 1. The third-order valence-corrected chi connectivity index (χ3v) is 3.70. The maximum Gasteiger partial charge on any atom is 0.221 e. The van der Waals surface area contributed by atoms with Crippen LogP contribution in [0.25, 0.3) is 16.9 Å². The number of hydrogen-bond acceptors (Lipinski definition) is 5. The molecule has 3 aromatic rings. The Morgan fingerprint density at radius 2 is 2.25 bits per heavy atom. The van der Waals surface area contributed by atoms with Gasteiger partial charge < -0.3 is 15.4 Å². The highest BCUT2D eigenvalue weighted by Gasteiger charge is 2.14. The van der Waals surface area contributed by atoms with Gasteiger partial charge in [-0.1, -0.05) is 12.1 Å². The van der Waals surface area contributed by atoms with Crippen molar-refractivity contribution in [2.75, 3.05) is 26.0 Å². The van der Waals surface area contributed by atoms with E-state index in [4.69, 9.17) is 4.74 Å². The van der Waals surface area contributed by atoms with E-state index in [0.29, 0.717) is 13.0 Å². The lowest BCUT2D eigenvalue weighted by Crippen LogP contribution is -2.21. The average molecular weight is 325 g/mol. The molecule has 0 saturated carbocycles. The van der Waals surface area contributed by atoms with Crippen molar-refractivity contribution in [1.29, 1.82) is 0 Å². The fourth-order valence-electron chi connectivity index (χ4n) is 2.47. The van der Waals surface area contributed by atoms with Gasteiger partial charge in [0.15, 0.2) is 5.65 Å².